The van der Waals surface area contributed by atoms with Gasteiger partial charge in [0.1, 0.15) is 29.2 Å². The second-order valence-electron chi connectivity index (χ2n) is 11.0. The molecule has 256 valence electrons. The molecule has 1 aliphatic heterocycles. The van der Waals surface area contributed by atoms with Crippen LogP contribution in [0.2, 0.25) is 0 Å². The molecule has 0 radical (unpaired) electrons. The summed E-state index contributed by atoms with van der Waals surface area (Å²) in [6.07, 6.45) is -7.36. The topological polar surface area (TPSA) is 169 Å². The van der Waals surface area contributed by atoms with Crippen molar-refractivity contribution in [2.75, 3.05) is 13.7 Å². The fourth-order valence-corrected chi connectivity index (χ4v) is 6.06. The number of nitrogens with zero attached hydrogens (tertiary/aromatic N) is 2. The number of pyridine rings is 1. The maximum atomic E-state index is 13.8. The van der Waals surface area contributed by atoms with Gasteiger partial charge in [0.05, 0.1) is 23.9 Å². The molecule has 0 bridgehead atoms. The number of carbonyl (C=O) groups is 5. The fourth-order valence-electron chi connectivity index (χ4n) is 5.72. The number of ether oxygens (including phenoxy) is 6. The molecule has 1 fully saturated rings. The molecule has 14 heteroatoms. The highest BCUT2D eigenvalue weighted by molar-refractivity contribution is 7.71. The largest absolute Gasteiger partial charge is 0.497 e. The zero-order chi connectivity index (χ0) is 36.0. The van der Waals surface area contributed by atoms with Crippen LogP contribution in [0.4, 0.5) is 0 Å². The van der Waals surface area contributed by atoms with Crippen LogP contribution < -0.4 is 4.74 Å². The van der Waals surface area contributed by atoms with E-state index in [1.165, 1.54) is 18.6 Å². The first-order valence-corrected chi connectivity index (χ1v) is 15.4. The van der Waals surface area contributed by atoms with Crippen molar-refractivity contribution >= 4 is 41.9 Å². The van der Waals surface area contributed by atoms with Crippen LogP contribution in [0.25, 0.3) is 22.4 Å². The Hall–Kier alpha value is -5.39. The summed E-state index contributed by atoms with van der Waals surface area (Å²) in [5.74, 6) is -3.05. The van der Waals surface area contributed by atoms with E-state index in [-0.39, 0.29) is 27.0 Å². The molecular weight excluding hydrogens is 656 g/mol. The van der Waals surface area contributed by atoms with Crippen molar-refractivity contribution in [3.63, 3.8) is 0 Å². The van der Waals surface area contributed by atoms with E-state index in [1.807, 2.05) is 0 Å². The molecule has 1 aromatic heterocycles. The number of aromatic nitrogens is 1. The number of hydrogen-bond donors (Lipinski definition) is 0. The first-order chi connectivity index (χ1) is 23.3. The Balaban J connectivity index is 2.16. The second kappa shape index (κ2) is 15.7. The third-order valence-corrected chi connectivity index (χ3v) is 7.92. The maximum absolute atomic E-state index is 13.8. The molecule has 2 heterocycles. The number of benzene rings is 2. The molecule has 0 amide bonds. The van der Waals surface area contributed by atoms with E-state index in [4.69, 9.17) is 40.6 Å². The van der Waals surface area contributed by atoms with Gasteiger partial charge in [0.25, 0.3) is 0 Å². The zero-order valence-electron chi connectivity index (χ0n) is 27.6. The van der Waals surface area contributed by atoms with E-state index in [0.717, 1.165) is 27.7 Å². The average molecular weight is 691 g/mol. The van der Waals surface area contributed by atoms with Gasteiger partial charge in [-0.3, -0.25) is 24.0 Å². The molecule has 49 heavy (non-hydrogen) atoms. The summed E-state index contributed by atoms with van der Waals surface area (Å²) in [7, 11) is 1.50. The van der Waals surface area contributed by atoms with E-state index < -0.39 is 66.9 Å². The monoisotopic (exact) mass is 690 g/mol. The summed E-state index contributed by atoms with van der Waals surface area (Å²) >= 11 is 5.98. The molecule has 4 rings (SSSR count). The fraction of sp³-hybridized carbons (Fsp3) is 0.343. The van der Waals surface area contributed by atoms with Crippen LogP contribution in [0.15, 0.2) is 54.6 Å². The number of methoxy groups -OCH3 is 1. The Labute approximate surface area is 287 Å². The minimum absolute atomic E-state index is 0.0781. The summed E-state index contributed by atoms with van der Waals surface area (Å²) in [6, 6.07) is 17.5. The zero-order valence-corrected chi connectivity index (χ0v) is 28.4. The highest BCUT2D eigenvalue weighted by Crippen LogP contribution is 2.43. The van der Waals surface area contributed by atoms with Crippen LogP contribution in [-0.4, -0.2) is 72.4 Å². The first kappa shape index (κ1) is 36.4. The molecule has 2 aromatic carbocycles. The van der Waals surface area contributed by atoms with Gasteiger partial charge in [-0.05, 0) is 30.2 Å². The van der Waals surface area contributed by atoms with Crippen molar-refractivity contribution in [1.82, 2.24) is 4.57 Å². The number of esters is 4. The lowest BCUT2D eigenvalue weighted by Crippen LogP contribution is -2.60. The lowest BCUT2D eigenvalue weighted by Gasteiger charge is -2.45. The van der Waals surface area contributed by atoms with Gasteiger partial charge in [-0.1, -0.05) is 54.7 Å². The molecule has 1 saturated heterocycles. The van der Waals surface area contributed by atoms with Gasteiger partial charge in [-0.15, -0.1) is 0 Å². The van der Waals surface area contributed by atoms with Gasteiger partial charge >= 0.3 is 23.9 Å². The van der Waals surface area contributed by atoms with Crippen LogP contribution in [0.1, 0.15) is 56.8 Å². The number of ketones is 1. The van der Waals surface area contributed by atoms with Gasteiger partial charge in [0.15, 0.2) is 30.3 Å². The molecule has 0 spiro atoms. The summed E-state index contributed by atoms with van der Waals surface area (Å²) in [6.45, 7) is 5.33. The normalized spacial score (nSPS) is 19.9. The quantitative estimate of drug-likeness (QED) is 0.122. The van der Waals surface area contributed by atoms with E-state index >= 15 is 0 Å². The third-order valence-electron chi connectivity index (χ3n) is 7.52. The molecule has 0 saturated carbocycles. The van der Waals surface area contributed by atoms with Crippen LogP contribution in [0.5, 0.6) is 5.75 Å². The van der Waals surface area contributed by atoms with E-state index in [1.54, 1.807) is 54.6 Å². The molecule has 0 N–H and O–H groups in total. The molecule has 1 aliphatic rings. The van der Waals surface area contributed by atoms with Gasteiger partial charge in [0.2, 0.25) is 0 Å². The van der Waals surface area contributed by atoms with E-state index in [2.05, 4.69) is 6.07 Å². The standard InChI is InChI=1S/C35H34N2O11S/c1-18(38)28-29(23-12-14-25(43-6)15-13-23)26(16-36)35(49)37(30(28)24-10-8-7-9-11-24)34-33(47-22(5)42)32(46-21(4)41)31(45-20(3)40)27(48-34)17-44-19(2)39/h7-15,27,31-34H,17H2,1-6H3. The predicted octanol–water partition coefficient (Wildman–Crippen LogP) is 4.89. The summed E-state index contributed by atoms with van der Waals surface area (Å²) in [4.78, 5) is 63.1. The minimum atomic E-state index is -1.56. The Morgan fingerprint density at radius 2 is 1.37 bits per heavy atom. The van der Waals surface area contributed by atoms with Crippen molar-refractivity contribution in [3.8, 4) is 34.2 Å². The minimum Gasteiger partial charge on any atom is -0.497 e. The Kier molecular flexibility index (Phi) is 11.7. The van der Waals surface area contributed by atoms with Crippen molar-refractivity contribution in [2.24, 2.45) is 0 Å². The molecular formula is C35H34N2O11S. The van der Waals surface area contributed by atoms with Crippen LogP contribution in [0, 0.1) is 16.0 Å². The van der Waals surface area contributed by atoms with Crippen molar-refractivity contribution in [1.29, 1.82) is 5.26 Å². The molecule has 13 nitrogen and oxygen atoms in total. The van der Waals surface area contributed by atoms with Gasteiger partial charge in [0, 0.05) is 33.3 Å². The molecule has 5 unspecified atom stereocenters. The number of nitriles is 1. The summed E-state index contributed by atoms with van der Waals surface area (Å²) in [5, 5.41) is 10.6. The first-order valence-electron chi connectivity index (χ1n) is 15.0. The maximum Gasteiger partial charge on any atom is 0.303 e. The van der Waals surface area contributed by atoms with Crippen LogP contribution >= 0.6 is 12.2 Å². The lowest BCUT2D eigenvalue weighted by molar-refractivity contribution is -0.268. The number of Topliss-reactive ketones (excluding diaryl/α,β-unsaturated/α-hetero) is 1. The highest BCUT2D eigenvalue weighted by atomic mass is 32.1. The van der Waals surface area contributed by atoms with Crippen LogP contribution in [0.3, 0.4) is 0 Å². The molecule has 3 aromatic rings. The third kappa shape index (κ3) is 8.02. The lowest BCUT2D eigenvalue weighted by atomic mass is 9.89. The SMILES string of the molecule is COc1ccc(-c2c(C(C)=O)c(-c3ccccc3)n(C3OC(COC(C)=O)C(OC(C)=O)C(OC(C)=O)C3OC(C)=O)c(=S)c2C#N)cc1. The van der Waals surface area contributed by atoms with Crippen molar-refractivity contribution in [2.45, 2.75) is 65.3 Å². The van der Waals surface area contributed by atoms with Gasteiger partial charge < -0.3 is 33.0 Å². The number of hydrogen-bond acceptors (Lipinski definition) is 13. The predicted molar refractivity (Wildman–Crippen MR) is 175 cm³/mol. The highest BCUT2D eigenvalue weighted by Gasteiger charge is 2.53. The second-order valence-corrected chi connectivity index (χ2v) is 11.4. The molecule has 0 aliphatic carbocycles. The number of rotatable bonds is 10. The van der Waals surface area contributed by atoms with E-state index in [0.29, 0.717) is 16.9 Å². The Morgan fingerprint density at radius 1 is 0.796 bits per heavy atom. The Morgan fingerprint density at radius 3 is 1.88 bits per heavy atom. The van der Waals surface area contributed by atoms with Crippen molar-refractivity contribution < 1.29 is 52.4 Å². The summed E-state index contributed by atoms with van der Waals surface area (Å²) in [5.41, 5.74) is 1.37. The Bertz CT molecular complexity index is 1870. The van der Waals surface area contributed by atoms with Gasteiger partial charge in [-0.2, -0.15) is 5.26 Å². The van der Waals surface area contributed by atoms with Gasteiger partial charge in [-0.25, -0.2) is 0 Å². The number of carbonyl (C=O) groups excluding carboxylic acids is 5. The van der Waals surface area contributed by atoms with Crippen molar-refractivity contribution in [3.05, 3.63) is 70.4 Å². The summed E-state index contributed by atoms with van der Waals surface area (Å²) < 4.78 is 35.1. The van der Waals surface area contributed by atoms with Crippen LogP contribution in [-0.2, 0) is 42.9 Å². The average Bonchev–Trinajstić information content (AvgIpc) is 3.05. The smallest absolute Gasteiger partial charge is 0.303 e. The van der Waals surface area contributed by atoms with E-state index in [9.17, 15) is 29.2 Å². The molecule has 5 atom stereocenters.